The Morgan fingerprint density at radius 2 is 2.11 bits per heavy atom. The predicted octanol–water partition coefficient (Wildman–Crippen LogP) is 2.69. The number of nitrogens with zero attached hydrogens (tertiary/aromatic N) is 3. The highest BCUT2D eigenvalue weighted by Crippen LogP contribution is 2.12. The van der Waals surface area contributed by atoms with E-state index in [1.165, 1.54) is 0 Å². The van der Waals surface area contributed by atoms with Gasteiger partial charge in [0.2, 0.25) is 5.95 Å². The number of likely N-dealkylation sites (N-methyl/N-ethyl adjacent to an activating group) is 1. The summed E-state index contributed by atoms with van der Waals surface area (Å²) < 4.78 is 0. The monoisotopic (exact) mass is 262 g/mol. The lowest BCUT2D eigenvalue weighted by atomic mass is 10.1. The fraction of sp³-hybridized carbons (Fsp3) is 0.600. The molecular formula is C15H26N4. The van der Waals surface area contributed by atoms with Crippen LogP contribution < -0.4 is 10.2 Å². The average molecular weight is 262 g/mol. The highest BCUT2D eigenvalue weighted by atomic mass is 15.2. The van der Waals surface area contributed by atoms with Crippen LogP contribution in [0.25, 0.3) is 0 Å². The maximum absolute atomic E-state index is 4.59. The SMILES string of the molecule is C=CCN(CC)c1ncc(CNC(C)(C)C)c(C)n1. The van der Waals surface area contributed by atoms with Crippen molar-refractivity contribution in [3.63, 3.8) is 0 Å². The summed E-state index contributed by atoms with van der Waals surface area (Å²) in [4.78, 5) is 11.1. The minimum Gasteiger partial charge on any atom is -0.337 e. The van der Waals surface area contributed by atoms with E-state index >= 15 is 0 Å². The fourth-order valence-electron chi connectivity index (χ4n) is 1.67. The molecule has 0 aliphatic heterocycles. The van der Waals surface area contributed by atoms with Crippen LogP contribution in [0.15, 0.2) is 18.9 Å². The molecule has 4 heteroatoms. The van der Waals surface area contributed by atoms with Crippen molar-refractivity contribution in [2.45, 2.75) is 46.7 Å². The van der Waals surface area contributed by atoms with E-state index in [9.17, 15) is 0 Å². The molecule has 0 fully saturated rings. The Morgan fingerprint density at radius 3 is 2.58 bits per heavy atom. The Morgan fingerprint density at radius 1 is 1.42 bits per heavy atom. The number of hydrogen-bond acceptors (Lipinski definition) is 4. The van der Waals surface area contributed by atoms with Gasteiger partial charge in [0.1, 0.15) is 0 Å². The molecule has 1 aromatic heterocycles. The van der Waals surface area contributed by atoms with Crippen molar-refractivity contribution >= 4 is 5.95 Å². The van der Waals surface area contributed by atoms with E-state index in [0.717, 1.165) is 36.8 Å². The molecule has 106 valence electrons. The van der Waals surface area contributed by atoms with Crippen LogP contribution >= 0.6 is 0 Å². The number of nitrogens with one attached hydrogen (secondary N) is 1. The van der Waals surface area contributed by atoms with Crippen LogP contribution in [-0.2, 0) is 6.54 Å². The van der Waals surface area contributed by atoms with Gasteiger partial charge in [-0.3, -0.25) is 0 Å². The van der Waals surface area contributed by atoms with E-state index in [0.29, 0.717) is 0 Å². The Labute approximate surface area is 117 Å². The Bertz CT molecular complexity index is 421. The molecule has 4 nitrogen and oxygen atoms in total. The first-order valence-corrected chi connectivity index (χ1v) is 6.80. The molecule has 1 rings (SSSR count). The zero-order chi connectivity index (χ0) is 14.5. The number of rotatable bonds is 6. The van der Waals surface area contributed by atoms with Crippen LogP contribution in [0.4, 0.5) is 5.95 Å². The van der Waals surface area contributed by atoms with Gasteiger partial charge < -0.3 is 10.2 Å². The summed E-state index contributed by atoms with van der Waals surface area (Å²) >= 11 is 0. The quantitative estimate of drug-likeness (QED) is 0.800. The molecule has 1 heterocycles. The highest BCUT2D eigenvalue weighted by Gasteiger charge is 2.12. The average Bonchev–Trinajstić information content (AvgIpc) is 2.33. The Kier molecular flexibility index (Phi) is 5.48. The number of aryl methyl sites for hydroxylation is 1. The van der Waals surface area contributed by atoms with E-state index in [-0.39, 0.29) is 5.54 Å². The fourth-order valence-corrected chi connectivity index (χ4v) is 1.67. The molecular weight excluding hydrogens is 236 g/mol. The van der Waals surface area contributed by atoms with Gasteiger partial charge in [-0.05, 0) is 34.6 Å². The van der Waals surface area contributed by atoms with Gasteiger partial charge in [0.15, 0.2) is 0 Å². The highest BCUT2D eigenvalue weighted by molar-refractivity contribution is 5.33. The van der Waals surface area contributed by atoms with Gasteiger partial charge in [-0.2, -0.15) is 0 Å². The number of anilines is 1. The lowest BCUT2D eigenvalue weighted by Gasteiger charge is -2.22. The smallest absolute Gasteiger partial charge is 0.225 e. The second-order valence-corrected chi connectivity index (χ2v) is 5.71. The largest absolute Gasteiger partial charge is 0.337 e. The first-order chi connectivity index (χ1) is 8.87. The first kappa shape index (κ1) is 15.6. The molecule has 0 aromatic carbocycles. The van der Waals surface area contributed by atoms with Gasteiger partial charge in [-0.25, -0.2) is 9.97 Å². The van der Waals surface area contributed by atoms with Crippen molar-refractivity contribution < 1.29 is 0 Å². The molecule has 0 radical (unpaired) electrons. The molecule has 0 atom stereocenters. The third-order valence-corrected chi connectivity index (χ3v) is 2.89. The molecule has 1 aromatic rings. The zero-order valence-electron chi connectivity index (χ0n) is 12.8. The topological polar surface area (TPSA) is 41.1 Å². The van der Waals surface area contributed by atoms with Gasteiger partial charge in [-0.15, -0.1) is 6.58 Å². The molecule has 0 bridgehead atoms. The third kappa shape index (κ3) is 4.99. The van der Waals surface area contributed by atoms with E-state index in [1.807, 2.05) is 19.2 Å². The molecule has 0 saturated heterocycles. The van der Waals surface area contributed by atoms with Crippen LogP contribution in [0, 0.1) is 6.92 Å². The minimum atomic E-state index is 0.101. The minimum absolute atomic E-state index is 0.101. The Hall–Kier alpha value is -1.42. The summed E-state index contributed by atoms with van der Waals surface area (Å²) in [5.74, 6) is 0.777. The van der Waals surface area contributed by atoms with Gasteiger partial charge in [0.05, 0.1) is 0 Å². The molecule has 19 heavy (non-hydrogen) atoms. The standard InChI is InChI=1S/C15H26N4/c1-7-9-19(8-2)14-16-10-13(12(3)18-14)11-17-15(4,5)6/h7,10,17H,1,8-9,11H2,2-6H3. The summed E-state index contributed by atoms with van der Waals surface area (Å²) in [6.07, 6.45) is 3.79. The van der Waals surface area contributed by atoms with Crippen LogP contribution in [0.5, 0.6) is 0 Å². The summed E-state index contributed by atoms with van der Waals surface area (Å²) in [6, 6.07) is 0. The molecule has 0 aliphatic carbocycles. The van der Waals surface area contributed by atoms with E-state index in [4.69, 9.17) is 0 Å². The second kappa shape index (κ2) is 6.66. The van der Waals surface area contributed by atoms with Crippen molar-refractivity contribution in [1.29, 1.82) is 0 Å². The maximum Gasteiger partial charge on any atom is 0.225 e. The van der Waals surface area contributed by atoms with Crippen molar-refractivity contribution in [2.24, 2.45) is 0 Å². The third-order valence-electron chi connectivity index (χ3n) is 2.89. The zero-order valence-corrected chi connectivity index (χ0v) is 12.8. The van der Waals surface area contributed by atoms with Gasteiger partial charge >= 0.3 is 0 Å². The summed E-state index contributed by atoms with van der Waals surface area (Å²) in [5.41, 5.74) is 2.28. The molecule has 0 unspecified atom stereocenters. The van der Waals surface area contributed by atoms with Gasteiger partial charge in [-0.1, -0.05) is 6.08 Å². The lowest BCUT2D eigenvalue weighted by Crippen LogP contribution is -2.35. The molecule has 0 spiro atoms. The Balaban J connectivity index is 2.81. The first-order valence-electron chi connectivity index (χ1n) is 6.80. The lowest BCUT2D eigenvalue weighted by molar-refractivity contribution is 0.423. The summed E-state index contributed by atoms with van der Waals surface area (Å²) in [7, 11) is 0. The molecule has 0 saturated carbocycles. The van der Waals surface area contributed by atoms with Crippen molar-refractivity contribution in [2.75, 3.05) is 18.0 Å². The van der Waals surface area contributed by atoms with Crippen LogP contribution in [0.1, 0.15) is 39.0 Å². The van der Waals surface area contributed by atoms with Gasteiger partial charge in [0, 0.05) is 42.6 Å². The predicted molar refractivity (Wildman–Crippen MR) is 81.4 cm³/mol. The number of aromatic nitrogens is 2. The van der Waals surface area contributed by atoms with Crippen molar-refractivity contribution in [1.82, 2.24) is 15.3 Å². The molecule has 0 aliphatic rings. The van der Waals surface area contributed by atoms with Crippen LogP contribution in [-0.4, -0.2) is 28.6 Å². The van der Waals surface area contributed by atoms with Gasteiger partial charge in [0.25, 0.3) is 0 Å². The van der Waals surface area contributed by atoms with Crippen LogP contribution in [0.3, 0.4) is 0 Å². The number of hydrogen-bond donors (Lipinski definition) is 1. The summed E-state index contributed by atoms with van der Waals surface area (Å²) in [6.45, 7) is 16.8. The van der Waals surface area contributed by atoms with E-state index < -0.39 is 0 Å². The van der Waals surface area contributed by atoms with Crippen molar-refractivity contribution in [3.8, 4) is 0 Å². The maximum atomic E-state index is 4.59. The van der Waals surface area contributed by atoms with Crippen LogP contribution in [0.2, 0.25) is 0 Å². The second-order valence-electron chi connectivity index (χ2n) is 5.71. The van der Waals surface area contributed by atoms with E-state index in [1.54, 1.807) is 0 Å². The molecule has 1 N–H and O–H groups in total. The van der Waals surface area contributed by atoms with Crippen molar-refractivity contribution in [3.05, 3.63) is 30.1 Å². The van der Waals surface area contributed by atoms with E-state index in [2.05, 4.69) is 54.5 Å². The molecule has 0 amide bonds. The normalized spacial score (nSPS) is 11.4. The summed E-state index contributed by atoms with van der Waals surface area (Å²) in [5, 5.41) is 3.46.